The number of carbonyl (C=O) groups excluding carboxylic acids is 1. The van der Waals surface area contributed by atoms with Gasteiger partial charge in [-0.2, -0.15) is 0 Å². The average Bonchev–Trinajstić information content (AvgIpc) is 2.72. The molecule has 0 fully saturated rings. The molecular weight excluding hydrogens is 332 g/mol. The van der Waals surface area contributed by atoms with E-state index >= 15 is 0 Å². The van der Waals surface area contributed by atoms with Crippen molar-refractivity contribution in [2.24, 2.45) is 0 Å². The van der Waals surface area contributed by atoms with Crippen LogP contribution in [-0.4, -0.2) is 10.9 Å². The summed E-state index contributed by atoms with van der Waals surface area (Å²) in [5.74, 6) is -0.139. The maximum Gasteiger partial charge on any atom is 0.252 e. The summed E-state index contributed by atoms with van der Waals surface area (Å²) in [7, 11) is 0. The molecule has 0 saturated carbocycles. The number of halogens is 1. The number of thiol groups is 1. The molecule has 1 N–H and O–H groups in total. The minimum absolute atomic E-state index is 0.139. The summed E-state index contributed by atoms with van der Waals surface area (Å²) in [5, 5.41) is 5.70. The van der Waals surface area contributed by atoms with E-state index in [0.717, 1.165) is 15.2 Å². The predicted octanol–water partition coefficient (Wildman–Crippen LogP) is 3.43. The molecule has 1 aromatic carbocycles. The molecule has 3 nitrogen and oxygen atoms in total. The highest BCUT2D eigenvalue weighted by atomic mass is 79.9. The lowest BCUT2D eigenvalue weighted by Gasteiger charge is -2.06. The van der Waals surface area contributed by atoms with E-state index in [-0.39, 0.29) is 5.91 Å². The van der Waals surface area contributed by atoms with E-state index in [2.05, 4.69) is 38.9 Å². The van der Waals surface area contributed by atoms with Crippen LogP contribution in [0.5, 0.6) is 0 Å². The quantitative estimate of drug-likeness (QED) is 0.839. The summed E-state index contributed by atoms with van der Waals surface area (Å²) >= 11 is 9.16. The molecule has 0 bridgehead atoms. The van der Waals surface area contributed by atoms with E-state index < -0.39 is 0 Å². The van der Waals surface area contributed by atoms with Gasteiger partial charge in [-0.1, -0.05) is 15.9 Å². The fraction of sp³-hybridized carbons (Fsp3) is 0.167. The molecule has 0 saturated heterocycles. The third-order valence-electron chi connectivity index (χ3n) is 2.27. The van der Waals surface area contributed by atoms with Gasteiger partial charge in [0.2, 0.25) is 0 Å². The second-order valence-electron chi connectivity index (χ2n) is 3.73. The second kappa shape index (κ2) is 5.86. The van der Waals surface area contributed by atoms with Crippen molar-refractivity contribution in [3.63, 3.8) is 0 Å². The number of hydrogen-bond acceptors (Lipinski definition) is 4. The van der Waals surface area contributed by atoms with Crippen molar-refractivity contribution < 1.29 is 4.79 Å². The van der Waals surface area contributed by atoms with Crippen molar-refractivity contribution in [1.29, 1.82) is 0 Å². The number of aryl methyl sites for hydroxylation is 1. The second-order valence-corrected chi connectivity index (χ2v) is 6.07. The molecule has 18 heavy (non-hydrogen) atoms. The van der Waals surface area contributed by atoms with Crippen molar-refractivity contribution >= 4 is 45.8 Å². The number of aromatic nitrogens is 1. The molecule has 0 radical (unpaired) electrons. The standard InChI is InChI=1S/C12H11BrN2OS2/c1-7-6-18-11(15-7)5-14-12(16)9-3-2-8(13)4-10(9)17/h2-4,6,17H,5H2,1H3,(H,14,16). The maximum absolute atomic E-state index is 12.0. The summed E-state index contributed by atoms with van der Waals surface area (Å²) in [6.07, 6.45) is 0. The lowest BCUT2D eigenvalue weighted by Crippen LogP contribution is -2.23. The van der Waals surface area contributed by atoms with Gasteiger partial charge >= 0.3 is 0 Å². The van der Waals surface area contributed by atoms with E-state index in [0.29, 0.717) is 17.0 Å². The van der Waals surface area contributed by atoms with Gasteiger partial charge in [0, 0.05) is 20.4 Å². The Kier molecular flexibility index (Phi) is 4.42. The number of benzene rings is 1. The molecule has 6 heteroatoms. The van der Waals surface area contributed by atoms with Crippen LogP contribution in [0.1, 0.15) is 21.1 Å². The third-order valence-corrected chi connectivity index (χ3v) is 4.10. The van der Waals surface area contributed by atoms with Gasteiger partial charge < -0.3 is 5.32 Å². The number of hydrogen-bond donors (Lipinski definition) is 2. The number of carbonyl (C=O) groups is 1. The molecule has 1 amide bonds. The monoisotopic (exact) mass is 342 g/mol. The van der Waals surface area contributed by atoms with Gasteiger partial charge in [0.1, 0.15) is 5.01 Å². The zero-order valence-electron chi connectivity index (χ0n) is 9.61. The summed E-state index contributed by atoms with van der Waals surface area (Å²) in [6, 6.07) is 5.36. The average molecular weight is 343 g/mol. The molecule has 0 aliphatic carbocycles. The highest BCUT2D eigenvalue weighted by Gasteiger charge is 2.10. The van der Waals surface area contributed by atoms with E-state index in [9.17, 15) is 4.79 Å². The molecule has 0 atom stereocenters. The topological polar surface area (TPSA) is 42.0 Å². The first-order valence-electron chi connectivity index (χ1n) is 5.24. The molecule has 0 aliphatic rings. The van der Waals surface area contributed by atoms with Crippen molar-refractivity contribution in [3.8, 4) is 0 Å². The van der Waals surface area contributed by atoms with Crippen molar-refractivity contribution in [1.82, 2.24) is 10.3 Å². The Labute approximate surface area is 123 Å². The Morgan fingerprint density at radius 3 is 2.94 bits per heavy atom. The van der Waals surface area contributed by atoms with Crippen LogP contribution in [0, 0.1) is 6.92 Å². The van der Waals surface area contributed by atoms with Crippen LogP contribution in [0.2, 0.25) is 0 Å². The summed E-state index contributed by atoms with van der Waals surface area (Å²) in [6.45, 7) is 2.38. The van der Waals surface area contributed by atoms with Crippen molar-refractivity contribution in [3.05, 3.63) is 44.3 Å². The van der Waals surface area contributed by atoms with Gasteiger partial charge in [0.15, 0.2) is 0 Å². The zero-order chi connectivity index (χ0) is 13.1. The highest BCUT2D eigenvalue weighted by Crippen LogP contribution is 2.20. The zero-order valence-corrected chi connectivity index (χ0v) is 12.9. The van der Waals surface area contributed by atoms with Gasteiger partial charge in [-0.15, -0.1) is 24.0 Å². The molecule has 2 rings (SSSR count). The smallest absolute Gasteiger partial charge is 0.252 e. The van der Waals surface area contributed by atoms with Gasteiger partial charge in [-0.25, -0.2) is 4.98 Å². The Bertz CT molecular complexity index is 583. The number of thiazole rings is 1. The Balaban J connectivity index is 2.03. The molecular formula is C12H11BrN2OS2. The van der Waals surface area contributed by atoms with Crippen LogP contribution < -0.4 is 5.32 Å². The maximum atomic E-state index is 12.0. The van der Waals surface area contributed by atoms with Crippen LogP contribution in [0.4, 0.5) is 0 Å². The molecule has 94 valence electrons. The van der Waals surface area contributed by atoms with Gasteiger partial charge in [-0.05, 0) is 25.1 Å². The van der Waals surface area contributed by atoms with E-state index in [4.69, 9.17) is 0 Å². The molecule has 2 aromatic rings. The van der Waals surface area contributed by atoms with Crippen molar-refractivity contribution in [2.45, 2.75) is 18.4 Å². The van der Waals surface area contributed by atoms with Crippen LogP contribution in [0.25, 0.3) is 0 Å². The number of amides is 1. The first-order valence-corrected chi connectivity index (χ1v) is 7.36. The summed E-state index contributed by atoms with van der Waals surface area (Å²) < 4.78 is 0.902. The van der Waals surface area contributed by atoms with Crippen LogP contribution in [-0.2, 0) is 6.54 Å². The third kappa shape index (κ3) is 3.34. The van der Waals surface area contributed by atoms with E-state index in [1.165, 1.54) is 0 Å². The number of nitrogens with one attached hydrogen (secondary N) is 1. The lowest BCUT2D eigenvalue weighted by atomic mass is 10.2. The Morgan fingerprint density at radius 2 is 2.33 bits per heavy atom. The van der Waals surface area contributed by atoms with Gasteiger partial charge in [0.25, 0.3) is 5.91 Å². The van der Waals surface area contributed by atoms with E-state index in [1.807, 2.05) is 18.4 Å². The molecule has 0 spiro atoms. The molecule has 1 aromatic heterocycles. The first kappa shape index (κ1) is 13.6. The molecule has 0 unspecified atom stereocenters. The van der Waals surface area contributed by atoms with Crippen LogP contribution in [0.3, 0.4) is 0 Å². The fourth-order valence-corrected chi connectivity index (χ4v) is 3.00. The van der Waals surface area contributed by atoms with Gasteiger partial charge in [-0.3, -0.25) is 4.79 Å². The summed E-state index contributed by atoms with van der Waals surface area (Å²) in [4.78, 5) is 16.9. The number of rotatable bonds is 3. The predicted molar refractivity (Wildman–Crippen MR) is 79.4 cm³/mol. The number of nitrogens with zero attached hydrogens (tertiary/aromatic N) is 1. The highest BCUT2D eigenvalue weighted by molar-refractivity contribution is 9.10. The van der Waals surface area contributed by atoms with Crippen LogP contribution >= 0.6 is 39.9 Å². The molecule has 0 aliphatic heterocycles. The Morgan fingerprint density at radius 1 is 1.56 bits per heavy atom. The minimum atomic E-state index is -0.139. The van der Waals surface area contributed by atoms with Gasteiger partial charge in [0.05, 0.1) is 12.1 Å². The Hall–Kier alpha value is -0.850. The van der Waals surface area contributed by atoms with Crippen LogP contribution in [0.15, 0.2) is 32.9 Å². The lowest BCUT2D eigenvalue weighted by molar-refractivity contribution is 0.0948. The van der Waals surface area contributed by atoms with Crippen molar-refractivity contribution in [2.75, 3.05) is 0 Å². The first-order chi connectivity index (χ1) is 8.56. The van der Waals surface area contributed by atoms with E-state index in [1.54, 1.807) is 23.5 Å². The largest absolute Gasteiger partial charge is 0.345 e. The SMILES string of the molecule is Cc1csc(CNC(=O)c2ccc(Br)cc2S)n1. The fourth-order valence-electron chi connectivity index (χ4n) is 1.43. The normalized spacial score (nSPS) is 10.4. The summed E-state index contributed by atoms with van der Waals surface area (Å²) in [5.41, 5.74) is 1.54. The minimum Gasteiger partial charge on any atom is -0.345 e. The molecule has 1 heterocycles.